The summed E-state index contributed by atoms with van der Waals surface area (Å²) in [5, 5.41) is 1.47. The Morgan fingerprint density at radius 3 is 2.45 bits per heavy atom. The maximum absolute atomic E-state index is 13.6. The average molecular weight is 435 g/mol. The Bertz CT molecular complexity index is 1290. The van der Waals surface area contributed by atoms with E-state index in [-0.39, 0.29) is 11.5 Å². The lowest BCUT2D eigenvalue weighted by molar-refractivity contribution is 0.0989. The SMILES string of the molecule is CCCCn1c(=O)c2c(OC)c(C(=O)N(CC)c3ccccc3)sc2c2ccccc21. The van der Waals surface area contributed by atoms with Gasteiger partial charge in [-0.25, -0.2) is 0 Å². The van der Waals surface area contributed by atoms with Crippen LogP contribution in [0.5, 0.6) is 5.75 Å². The summed E-state index contributed by atoms with van der Waals surface area (Å²) in [5.74, 6) is 0.218. The fraction of sp³-hybridized carbons (Fsp3) is 0.280. The number of hydrogen-bond acceptors (Lipinski definition) is 4. The number of amides is 1. The Hall–Kier alpha value is -3.12. The molecule has 0 spiro atoms. The molecule has 0 unspecified atom stereocenters. The van der Waals surface area contributed by atoms with Crippen molar-refractivity contribution in [2.75, 3.05) is 18.6 Å². The number of para-hydroxylation sites is 2. The zero-order valence-electron chi connectivity index (χ0n) is 18.1. The normalized spacial score (nSPS) is 11.2. The molecule has 160 valence electrons. The van der Waals surface area contributed by atoms with E-state index in [1.54, 1.807) is 4.90 Å². The van der Waals surface area contributed by atoms with Gasteiger partial charge in [-0.3, -0.25) is 9.59 Å². The van der Waals surface area contributed by atoms with Crippen molar-refractivity contribution in [3.8, 4) is 5.75 Å². The number of anilines is 1. The second-order valence-electron chi connectivity index (χ2n) is 7.38. The number of methoxy groups -OCH3 is 1. The minimum Gasteiger partial charge on any atom is -0.494 e. The fourth-order valence-electron chi connectivity index (χ4n) is 3.99. The molecule has 6 heteroatoms. The minimum absolute atomic E-state index is 0.0999. The molecule has 0 aliphatic rings. The van der Waals surface area contributed by atoms with E-state index in [1.165, 1.54) is 18.4 Å². The van der Waals surface area contributed by atoms with Gasteiger partial charge in [0, 0.05) is 24.2 Å². The van der Waals surface area contributed by atoms with E-state index >= 15 is 0 Å². The summed E-state index contributed by atoms with van der Waals surface area (Å²) in [5.41, 5.74) is 1.61. The number of fused-ring (bicyclic) bond motifs is 3. The van der Waals surface area contributed by atoms with Crippen molar-refractivity contribution in [3.05, 3.63) is 69.8 Å². The van der Waals surface area contributed by atoms with Crippen LogP contribution in [0.1, 0.15) is 36.4 Å². The molecule has 0 bridgehead atoms. The molecule has 4 rings (SSSR count). The molecular weight excluding hydrogens is 408 g/mol. The first-order valence-electron chi connectivity index (χ1n) is 10.6. The van der Waals surface area contributed by atoms with Gasteiger partial charge in [-0.05, 0) is 31.5 Å². The first-order chi connectivity index (χ1) is 15.1. The maximum atomic E-state index is 13.6. The number of nitrogens with zero attached hydrogens (tertiary/aromatic N) is 2. The molecule has 1 amide bonds. The number of benzene rings is 2. The highest BCUT2D eigenvalue weighted by atomic mass is 32.1. The molecule has 0 radical (unpaired) electrons. The van der Waals surface area contributed by atoms with Crippen LogP contribution in [0.2, 0.25) is 0 Å². The fourth-order valence-corrected chi connectivity index (χ4v) is 5.24. The van der Waals surface area contributed by atoms with Crippen LogP contribution in [-0.2, 0) is 6.54 Å². The van der Waals surface area contributed by atoms with Crippen molar-refractivity contribution in [2.24, 2.45) is 0 Å². The van der Waals surface area contributed by atoms with Gasteiger partial charge in [0.15, 0.2) is 5.75 Å². The number of aromatic nitrogens is 1. The predicted octanol–water partition coefficient (Wildman–Crippen LogP) is 5.69. The number of pyridine rings is 1. The number of ether oxygens (including phenoxy) is 1. The third-order valence-corrected chi connectivity index (χ3v) is 6.72. The van der Waals surface area contributed by atoms with Crippen LogP contribution in [0.15, 0.2) is 59.4 Å². The number of unbranched alkanes of at least 4 members (excludes halogenated alkanes) is 1. The van der Waals surface area contributed by atoms with Gasteiger partial charge in [-0.15, -0.1) is 11.3 Å². The number of carbonyl (C=O) groups excluding carboxylic acids is 1. The van der Waals surface area contributed by atoms with Crippen LogP contribution in [0.4, 0.5) is 5.69 Å². The Morgan fingerprint density at radius 2 is 1.77 bits per heavy atom. The van der Waals surface area contributed by atoms with Crippen LogP contribution in [0.3, 0.4) is 0 Å². The van der Waals surface area contributed by atoms with Gasteiger partial charge in [-0.2, -0.15) is 0 Å². The van der Waals surface area contributed by atoms with Crippen molar-refractivity contribution < 1.29 is 9.53 Å². The third kappa shape index (κ3) is 3.61. The number of hydrogen-bond donors (Lipinski definition) is 0. The Morgan fingerprint density at radius 1 is 1.06 bits per heavy atom. The van der Waals surface area contributed by atoms with Gasteiger partial charge in [-0.1, -0.05) is 49.7 Å². The van der Waals surface area contributed by atoms with E-state index in [0.29, 0.717) is 29.1 Å². The molecule has 31 heavy (non-hydrogen) atoms. The Kier molecular flexibility index (Phi) is 6.09. The van der Waals surface area contributed by atoms with Crippen molar-refractivity contribution in [2.45, 2.75) is 33.2 Å². The number of aryl methyl sites for hydroxylation is 1. The molecule has 0 fully saturated rings. The highest BCUT2D eigenvalue weighted by molar-refractivity contribution is 7.22. The molecule has 0 saturated heterocycles. The Balaban J connectivity index is 1.98. The lowest BCUT2D eigenvalue weighted by Crippen LogP contribution is -2.30. The van der Waals surface area contributed by atoms with E-state index in [9.17, 15) is 9.59 Å². The van der Waals surface area contributed by atoms with Gasteiger partial charge in [0.25, 0.3) is 11.5 Å². The smallest absolute Gasteiger partial charge is 0.272 e. The summed E-state index contributed by atoms with van der Waals surface area (Å²) < 4.78 is 8.31. The molecule has 2 aromatic heterocycles. The number of rotatable bonds is 7. The molecule has 0 aliphatic heterocycles. The summed E-state index contributed by atoms with van der Waals surface area (Å²) in [6.45, 7) is 5.20. The van der Waals surface area contributed by atoms with Crippen LogP contribution in [0.25, 0.3) is 21.0 Å². The summed E-state index contributed by atoms with van der Waals surface area (Å²) in [7, 11) is 1.53. The molecule has 4 aromatic rings. The van der Waals surface area contributed by atoms with Gasteiger partial charge < -0.3 is 14.2 Å². The van der Waals surface area contributed by atoms with Crippen LogP contribution in [-0.4, -0.2) is 24.1 Å². The van der Waals surface area contributed by atoms with Crippen molar-refractivity contribution in [1.29, 1.82) is 0 Å². The molecule has 0 aliphatic carbocycles. The largest absolute Gasteiger partial charge is 0.494 e. The second-order valence-corrected chi connectivity index (χ2v) is 8.40. The van der Waals surface area contributed by atoms with E-state index in [0.717, 1.165) is 34.1 Å². The highest BCUT2D eigenvalue weighted by Crippen LogP contribution is 2.40. The van der Waals surface area contributed by atoms with E-state index in [2.05, 4.69) is 6.92 Å². The molecule has 2 aromatic carbocycles. The lowest BCUT2D eigenvalue weighted by atomic mass is 10.1. The lowest BCUT2D eigenvalue weighted by Gasteiger charge is -2.20. The third-order valence-electron chi connectivity index (χ3n) is 5.53. The van der Waals surface area contributed by atoms with E-state index < -0.39 is 0 Å². The summed E-state index contributed by atoms with van der Waals surface area (Å²) in [4.78, 5) is 29.3. The number of carbonyl (C=O) groups is 1. The first kappa shape index (κ1) is 21.1. The average Bonchev–Trinajstić information content (AvgIpc) is 3.20. The van der Waals surface area contributed by atoms with E-state index in [1.807, 2.05) is 66.1 Å². The van der Waals surface area contributed by atoms with Crippen molar-refractivity contribution in [3.63, 3.8) is 0 Å². The quantitative estimate of drug-likeness (QED) is 0.375. The zero-order chi connectivity index (χ0) is 22.0. The predicted molar refractivity (Wildman–Crippen MR) is 129 cm³/mol. The van der Waals surface area contributed by atoms with Crippen LogP contribution < -0.4 is 15.2 Å². The standard InChI is InChI=1S/C25H26N2O3S/c1-4-6-16-27-19-15-11-10-14-18(19)22-20(24(27)28)21(30-3)23(31-22)25(29)26(5-2)17-12-8-7-9-13-17/h7-15H,4-6,16H2,1-3H3. The molecule has 2 heterocycles. The summed E-state index contributed by atoms with van der Waals surface area (Å²) >= 11 is 1.34. The number of thiophene rings is 1. The Labute approximate surface area is 185 Å². The summed E-state index contributed by atoms with van der Waals surface area (Å²) in [6, 6.07) is 17.5. The summed E-state index contributed by atoms with van der Waals surface area (Å²) in [6.07, 6.45) is 1.90. The zero-order valence-corrected chi connectivity index (χ0v) is 18.9. The van der Waals surface area contributed by atoms with E-state index in [4.69, 9.17) is 4.74 Å². The second kappa shape index (κ2) is 8.94. The first-order valence-corrected chi connectivity index (χ1v) is 11.4. The van der Waals surface area contributed by atoms with Gasteiger partial charge >= 0.3 is 0 Å². The van der Waals surface area contributed by atoms with Crippen molar-refractivity contribution >= 4 is 43.9 Å². The highest BCUT2D eigenvalue weighted by Gasteiger charge is 2.27. The molecule has 5 nitrogen and oxygen atoms in total. The molecule has 0 N–H and O–H groups in total. The topological polar surface area (TPSA) is 51.5 Å². The molecular formula is C25H26N2O3S. The van der Waals surface area contributed by atoms with Crippen molar-refractivity contribution in [1.82, 2.24) is 4.57 Å². The van der Waals surface area contributed by atoms with Gasteiger partial charge in [0.1, 0.15) is 10.3 Å². The van der Waals surface area contributed by atoms with Gasteiger partial charge in [0.2, 0.25) is 0 Å². The maximum Gasteiger partial charge on any atom is 0.272 e. The van der Waals surface area contributed by atoms with Crippen LogP contribution in [0, 0.1) is 0 Å². The van der Waals surface area contributed by atoms with Gasteiger partial charge in [0.05, 0.1) is 17.3 Å². The molecule has 0 atom stereocenters. The van der Waals surface area contributed by atoms with Crippen LogP contribution >= 0.6 is 11.3 Å². The minimum atomic E-state index is -0.157. The molecule has 0 saturated carbocycles. The monoisotopic (exact) mass is 434 g/mol.